The number of nitrogens with zero attached hydrogens (tertiary/aromatic N) is 5. The van der Waals surface area contributed by atoms with E-state index in [2.05, 4.69) is 22.1 Å². The molecule has 2 aromatic heterocycles. The second-order valence-corrected chi connectivity index (χ2v) is 4.22. The molecule has 0 aromatic carbocycles. The Balaban J connectivity index is 2.44. The fourth-order valence-electron chi connectivity index (χ4n) is 1.94. The van der Waals surface area contributed by atoms with Gasteiger partial charge >= 0.3 is 0 Å². The summed E-state index contributed by atoms with van der Waals surface area (Å²) in [6.07, 6.45) is 4.96. The highest BCUT2D eigenvalue weighted by atomic mass is 15.4. The van der Waals surface area contributed by atoms with Crippen LogP contribution in [0.2, 0.25) is 0 Å². The summed E-state index contributed by atoms with van der Waals surface area (Å²) >= 11 is 0. The number of hydrogen-bond donors (Lipinski definition) is 1. The SMILES string of the molecule is CCC(N)Cc1c(C)nn(C)c1-n1cncn1. The van der Waals surface area contributed by atoms with E-state index in [0.717, 1.165) is 29.9 Å². The van der Waals surface area contributed by atoms with Crippen molar-refractivity contribution in [2.75, 3.05) is 0 Å². The van der Waals surface area contributed by atoms with E-state index < -0.39 is 0 Å². The molecule has 0 saturated heterocycles. The van der Waals surface area contributed by atoms with Crippen LogP contribution < -0.4 is 5.73 Å². The number of hydrogen-bond acceptors (Lipinski definition) is 4. The molecular formula is C11H18N6. The lowest BCUT2D eigenvalue weighted by Gasteiger charge is -2.10. The first-order valence-corrected chi connectivity index (χ1v) is 5.76. The Hall–Kier alpha value is -1.69. The summed E-state index contributed by atoms with van der Waals surface area (Å²) < 4.78 is 3.56. The Bertz CT molecular complexity index is 484. The quantitative estimate of drug-likeness (QED) is 0.840. The van der Waals surface area contributed by atoms with Gasteiger partial charge in [-0.2, -0.15) is 10.2 Å². The van der Waals surface area contributed by atoms with E-state index in [0.29, 0.717) is 0 Å². The van der Waals surface area contributed by atoms with Crippen LogP contribution in [0.3, 0.4) is 0 Å². The normalized spacial score (nSPS) is 12.9. The van der Waals surface area contributed by atoms with E-state index in [1.165, 1.54) is 6.33 Å². The van der Waals surface area contributed by atoms with Crippen molar-refractivity contribution in [3.05, 3.63) is 23.9 Å². The predicted octanol–water partition coefficient (Wildman–Crippen LogP) is 0.589. The third-order valence-electron chi connectivity index (χ3n) is 2.94. The molecule has 17 heavy (non-hydrogen) atoms. The Morgan fingerprint density at radius 1 is 1.47 bits per heavy atom. The zero-order valence-electron chi connectivity index (χ0n) is 10.5. The maximum atomic E-state index is 6.02. The number of aromatic nitrogens is 5. The van der Waals surface area contributed by atoms with Gasteiger partial charge in [-0.25, -0.2) is 9.67 Å². The fraction of sp³-hybridized carbons (Fsp3) is 0.545. The Kier molecular flexibility index (Phi) is 3.23. The third-order valence-corrected chi connectivity index (χ3v) is 2.94. The van der Waals surface area contributed by atoms with Crippen molar-refractivity contribution < 1.29 is 0 Å². The number of nitrogens with two attached hydrogens (primary N) is 1. The van der Waals surface area contributed by atoms with E-state index in [1.54, 1.807) is 11.0 Å². The molecule has 0 spiro atoms. The number of aryl methyl sites for hydroxylation is 2. The topological polar surface area (TPSA) is 74.5 Å². The molecular weight excluding hydrogens is 216 g/mol. The predicted molar refractivity (Wildman–Crippen MR) is 64.8 cm³/mol. The summed E-state index contributed by atoms with van der Waals surface area (Å²) in [5, 5.41) is 8.59. The lowest BCUT2D eigenvalue weighted by Crippen LogP contribution is -2.22. The van der Waals surface area contributed by atoms with Gasteiger partial charge < -0.3 is 5.73 Å². The summed E-state index contributed by atoms with van der Waals surface area (Å²) in [4.78, 5) is 3.97. The van der Waals surface area contributed by atoms with E-state index in [1.807, 2.05) is 18.7 Å². The minimum Gasteiger partial charge on any atom is -0.327 e. The van der Waals surface area contributed by atoms with Gasteiger partial charge in [0.1, 0.15) is 12.7 Å². The van der Waals surface area contributed by atoms with Crippen molar-refractivity contribution in [2.45, 2.75) is 32.7 Å². The van der Waals surface area contributed by atoms with Crippen LogP contribution in [0.25, 0.3) is 5.82 Å². The monoisotopic (exact) mass is 234 g/mol. The first kappa shape index (κ1) is 11.8. The second-order valence-electron chi connectivity index (χ2n) is 4.22. The van der Waals surface area contributed by atoms with E-state index in [9.17, 15) is 0 Å². The molecule has 6 heteroatoms. The smallest absolute Gasteiger partial charge is 0.157 e. The molecule has 0 saturated carbocycles. The molecule has 6 nitrogen and oxygen atoms in total. The van der Waals surface area contributed by atoms with Crippen LogP contribution in [0.4, 0.5) is 0 Å². The summed E-state index contributed by atoms with van der Waals surface area (Å²) in [6.45, 7) is 4.09. The van der Waals surface area contributed by atoms with Crippen LogP contribution in [0.1, 0.15) is 24.6 Å². The average molecular weight is 234 g/mol. The summed E-state index contributed by atoms with van der Waals surface area (Å²) in [5.74, 6) is 0.948. The first-order valence-electron chi connectivity index (χ1n) is 5.76. The third kappa shape index (κ3) is 2.21. The maximum Gasteiger partial charge on any atom is 0.157 e. The summed E-state index contributed by atoms with van der Waals surface area (Å²) in [5.41, 5.74) is 8.17. The van der Waals surface area contributed by atoms with Gasteiger partial charge in [-0.05, 0) is 19.8 Å². The highest BCUT2D eigenvalue weighted by Crippen LogP contribution is 2.18. The van der Waals surface area contributed by atoms with Gasteiger partial charge in [-0.1, -0.05) is 6.92 Å². The second kappa shape index (κ2) is 4.67. The molecule has 0 amide bonds. The molecule has 0 aliphatic rings. The largest absolute Gasteiger partial charge is 0.327 e. The number of rotatable bonds is 4. The first-order chi connectivity index (χ1) is 8.13. The average Bonchev–Trinajstić information content (AvgIpc) is 2.88. The van der Waals surface area contributed by atoms with Crippen LogP contribution in [-0.4, -0.2) is 30.6 Å². The lowest BCUT2D eigenvalue weighted by molar-refractivity contribution is 0.636. The van der Waals surface area contributed by atoms with Crippen LogP contribution >= 0.6 is 0 Å². The summed E-state index contributed by atoms with van der Waals surface area (Å²) in [6, 6.07) is 0.153. The fourth-order valence-corrected chi connectivity index (χ4v) is 1.94. The lowest BCUT2D eigenvalue weighted by atomic mass is 10.0. The van der Waals surface area contributed by atoms with Gasteiger partial charge in [-0.3, -0.25) is 4.68 Å². The molecule has 0 aliphatic heterocycles. The van der Waals surface area contributed by atoms with Crippen molar-refractivity contribution in [3.8, 4) is 5.82 Å². The molecule has 0 aliphatic carbocycles. The van der Waals surface area contributed by atoms with Crippen LogP contribution in [0.15, 0.2) is 12.7 Å². The minimum absolute atomic E-state index is 0.153. The molecule has 1 unspecified atom stereocenters. The molecule has 1 atom stereocenters. The molecule has 92 valence electrons. The van der Waals surface area contributed by atoms with Gasteiger partial charge in [-0.15, -0.1) is 0 Å². The highest BCUT2D eigenvalue weighted by molar-refractivity contribution is 5.37. The van der Waals surface area contributed by atoms with E-state index >= 15 is 0 Å². The standard InChI is InChI=1S/C11H18N6/c1-4-9(12)5-10-8(2)15-16(3)11(10)17-7-13-6-14-17/h6-7,9H,4-5,12H2,1-3H3. The molecule has 2 rings (SSSR count). The van der Waals surface area contributed by atoms with Crippen molar-refractivity contribution in [3.63, 3.8) is 0 Å². The zero-order valence-corrected chi connectivity index (χ0v) is 10.5. The van der Waals surface area contributed by atoms with Gasteiger partial charge in [0.15, 0.2) is 5.82 Å². The summed E-state index contributed by atoms with van der Waals surface area (Å²) in [7, 11) is 1.91. The van der Waals surface area contributed by atoms with Gasteiger partial charge in [0, 0.05) is 18.7 Å². The van der Waals surface area contributed by atoms with E-state index in [-0.39, 0.29) is 6.04 Å². The maximum absolute atomic E-state index is 6.02. The van der Waals surface area contributed by atoms with Crippen LogP contribution in [-0.2, 0) is 13.5 Å². The van der Waals surface area contributed by atoms with Crippen LogP contribution in [0.5, 0.6) is 0 Å². The Morgan fingerprint density at radius 2 is 2.24 bits per heavy atom. The van der Waals surface area contributed by atoms with Crippen LogP contribution in [0, 0.1) is 6.92 Å². The molecule has 2 N–H and O–H groups in total. The van der Waals surface area contributed by atoms with E-state index in [4.69, 9.17) is 5.73 Å². The molecule has 2 heterocycles. The van der Waals surface area contributed by atoms with Crippen molar-refractivity contribution in [2.24, 2.45) is 12.8 Å². The van der Waals surface area contributed by atoms with Crippen molar-refractivity contribution in [1.29, 1.82) is 0 Å². The van der Waals surface area contributed by atoms with Gasteiger partial charge in [0.25, 0.3) is 0 Å². The van der Waals surface area contributed by atoms with Crippen molar-refractivity contribution in [1.82, 2.24) is 24.5 Å². The van der Waals surface area contributed by atoms with Crippen molar-refractivity contribution >= 4 is 0 Å². The molecule has 0 bridgehead atoms. The highest BCUT2D eigenvalue weighted by Gasteiger charge is 2.17. The Morgan fingerprint density at radius 3 is 2.82 bits per heavy atom. The van der Waals surface area contributed by atoms with Gasteiger partial charge in [0.2, 0.25) is 0 Å². The molecule has 2 aromatic rings. The minimum atomic E-state index is 0.153. The molecule has 0 radical (unpaired) electrons. The van der Waals surface area contributed by atoms with Gasteiger partial charge in [0.05, 0.1) is 5.69 Å². The Labute approximate surface area is 100 Å². The molecule has 0 fully saturated rings. The zero-order chi connectivity index (χ0) is 12.4.